The van der Waals surface area contributed by atoms with Crippen molar-refractivity contribution in [2.75, 3.05) is 13.2 Å². The predicted octanol–water partition coefficient (Wildman–Crippen LogP) is 2.63. The molecular weight excluding hydrogens is 288 g/mol. The summed E-state index contributed by atoms with van der Waals surface area (Å²) in [7, 11) is 0. The van der Waals surface area contributed by atoms with E-state index >= 15 is 0 Å². The number of esters is 1. The molecule has 0 saturated heterocycles. The van der Waals surface area contributed by atoms with Crippen LogP contribution in [0.25, 0.3) is 0 Å². The number of nitrogens with zero attached hydrogens (tertiary/aromatic N) is 1. The van der Waals surface area contributed by atoms with Crippen LogP contribution in [0, 0.1) is 17.2 Å². The molecule has 0 bridgehead atoms. The quantitative estimate of drug-likeness (QED) is 0.430. The number of halogens is 3. The van der Waals surface area contributed by atoms with Crippen molar-refractivity contribution in [1.82, 2.24) is 0 Å². The van der Waals surface area contributed by atoms with Gasteiger partial charge in [-0.3, -0.25) is 4.79 Å². The maximum absolute atomic E-state index is 11.5. The van der Waals surface area contributed by atoms with Gasteiger partial charge in [0.25, 0.3) is 0 Å². The summed E-state index contributed by atoms with van der Waals surface area (Å²) in [5.74, 6) is -2.09. The Morgan fingerprint density at radius 2 is 2.18 bits per heavy atom. The molecule has 4 nitrogen and oxygen atoms in total. The van der Waals surface area contributed by atoms with Crippen LogP contribution in [-0.2, 0) is 14.3 Å². The number of ether oxygens (including phenoxy) is 2. The minimum absolute atomic E-state index is 0.0517. The number of hydrogen-bond acceptors (Lipinski definition) is 4. The van der Waals surface area contributed by atoms with Crippen molar-refractivity contribution in [3.8, 4) is 6.07 Å². The molecule has 0 saturated carbocycles. The van der Waals surface area contributed by atoms with E-state index in [0.29, 0.717) is 0 Å². The molecule has 0 unspecified atom stereocenters. The van der Waals surface area contributed by atoms with E-state index < -0.39 is 21.8 Å². The van der Waals surface area contributed by atoms with Gasteiger partial charge in [-0.2, -0.15) is 5.26 Å². The van der Waals surface area contributed by atoms with E-state index in [2.05, 4.69) is 6.58 Å². The SMILES string of the molecule is C=CCO[C@@H]([C@H](C#N)C(=O)OCC)C(Cl)(Cl)Cl. The molecule has 0 spiro atoms. The van der Waals surface area contributed by atoms with Crippen LogP contribution in [0.2, 0.25) is 0 Å². The second kappa shape index (κ2) is 7.78. The third kappa shape index (κ3) is 5.60. The Morgan fingerprint density at radius 1 is 1.59 bits per heavy atom. The Balaban J connectivity index is 4.92. The van der Waals surface area contributed by atoms with E-state index in [1.165, 1.54) is 6.08 Å². The molecule has 0 aromatic rings. The summed E-state index contributed by atoms with van der Waals surface area (Å²) in [5.41, 5.74) is 0. The Bertz CT molecular complexity index is 309. The van der Waals surface area contributed by atoms with Crippen molar-refractivity contribution in [3.63, 3.8) is 0 Å². The molecule has 17 heavy (non-hydrogen) atoms. The van der Waals surface area contributed by atoms with Gasteiger partial charge in [0.1, 0.15) is 6.10 Å². The zero-order valence-electron chi connectivity index (χ0n) is 9.16. The molecule has 0 aromatic heterocycles. The van der Waals surface area contributed by atoms with Gasteiger partial charge in [-0.25, -0.2) is 0 Å². The average Bonchev–Trinajstić information content (AvgIpc) is 2.22. The van der Waals surface area contributed by atoms with Crippen LogP contribution in [-0.4, -0.2) is 29.1 Å². The highest BCUT2D eigenvalue weighted by molar-refractivity contribution is 6.68. The number of alkyl halides is 3. The van der Waals surface area contributed by atoms with Crippen LogP contribution in [0.15, 0.2) is 12.7 Å². The molecule has 96 valence electrons. The topological polar surface area (TPSA) is 59.3 Å². The number of carbonyl (C=O) groups excluding carboxylic acids is 1. The minimum atomic E-state index is -1.91. The highest BCUT2D eigenvalue weighted by Gasteiger charge is 2.44. The lowest BCUT2D eigenvalue weighted by Gasteiger charge is -2.26. The zero-order valence-corrected chi connectivity index (χ0v) is 11.4. The first-order valence-corrected chi connectivity index (χ1v) is 5.87. The fraction of sp³-hybridized carbons (Fsp3) is 0.600. The van der Waals surface area contributed by atoms with Gasteiger partial charge in [0.15, 0.2) is 5.92 Å². The second-order valence-corrected chi connectivity index (χ2v) is 5.31. The normalized spacial score (nSPS) is 14.5. The molecule has 0 aliphatic rings. The number of nitriles is 1. The monoisotopic (exact) mass is 299 g/mol. The second-order valence-electron chi connectivity index (χ2n) is 2.94. The highest BCUT2D eigenvalue weighted by Crippen LogP contribution is 2.36. The lowest BCUT2D eigenvalue weighted by atomic mass is 10.1. The summed E-state index contributed by atoms with van der Waals surface area (Å²) in [5, 5.41) is 8.92. The molecule has 0 fully saturated rings. The van der Waals surface area contributed by atoms with Gasteiger partial charge >= 0.3 is 5.97 Å². The van der Waals surface area contributed by atoms with Crippen molar-refractivity contribution in [1.29, 1.82) is 5.26 Å². The molecule has 0 amide bonds. The summed E-state index contributed by atoms with van der Waals surface area (Å²) in [6.45, 7) is 5.22. The first kappa shape index (κ1) is 16.5. The third-order valence-corrected chi connectivity index (χ3v) is 2.34. The fourth-order valence-corrected chi connectivity index (χ4v) is 1.59. The smallest absolute Gasteiger partial charge is 0.326 e. The third-order valence-electron chi connectivity index (χ3n) is 1.70. The Hall–Kier alpha value is -0.470. The van der Waals surface area contributed by atoms with E-state index in [1.807, 2.05) is 0 Å². The van der Waals surface area contributed by atoms with Crippen molar-refractivity contribution in [2.45, 2.75) is 16.8 Å². The lowest BCUT2D eigenvalue weighted by molar-refractivity contribution is -0.150. The molecular formula is C10H12Cl3NO3. The highest BCUT2D eigenvalue weighted by atomic mass is 35.6. The van der Waals surface area contributed by atoms with Crippen LogP contribution in [0.5, 0.6) is 0 Å². The molecule has 0 heterocycles. The Labute approximate surface area is 115 Å². The molecule has 0 aliphatic heterocycles. The van der Waals surface area contributed by atoms with Gasteiger partial charge < -0.3 is 9.47 Å². The number of hydrogen-bond donors (Lipinski definition) is 0. The van der Waals surface area contributed by atoms with Crippen LogP contribution < -0.4 is 0 Å². The van der Waals surface area contributed by atoms with Crippen LogP contribution in [0.3, 0.4) is 0 Å². The maximum atomic E-state index is 11.5. The van der Waals surface area contributed by atoms with E-state index in [-0.39, 0.29) is 13.2 Å². The zero-order chi connectivity index (χ0) is 13.5. The largest absolute Gasteiger partial charge is 0.465 e. The van der Waals surface area contributed by atoms with Crippen molar-refractivity contribution in [2.24, 2.45) is 5.92 Å². The summed E-state index contributed by atoms with van der Waals surface area (Å²) in [6.07, 6.45) is 0.206. The molecule has 0 radical (unpaired) electrons. The maximum Gasteiger partial charge on any atom is 0.326 e. The first-order chi connectivity index (χ1) is 7.88. The van der Waals surface area contributed by atoms with Crippen molar-refractivity contribution < 1.29 is 14.3 Å². The summed E-state index contributed by atoms with van der Waals surface area (Å²) < 4.78 is 7.94. The predicted molar refractivity (Wildman–Crippen MR) is 66.0 cm³/mol. The Kier molecular flexibility index (Phi) is 7.56. The minimum Gasteiger partial charge on any atom is -0.465 e. The molecule has 0 aliphatic carbocycles. The van der Waals surface area contributed by atoms with Gasteiger partial charge in [-0.15, -0.1) is 6.58 Å². The van der Waals surface area contributed by atoms with E-state index in [0.717, 1.165) is 0 Å². The van der Waals surface area contributed by atoms with Crippen LogP contribution in [0.1, 0.15) is 6.92 Å². The summed E-state index contributed by atoms with van der Waals surface area (Å²) in [4.78, 5) is 11.5. The van der Waals surface area contributed by atoms with E-state index in [9.17, 15) is 4.79 Å². The van der Waals surface area contributed by atoms with E-state index in [4.69, 9.17) is 49.5 Å². The molecule has 0 aromatic carbocycles. The standard InChI is InChI=1S/C10H12Cl3NO3/c1-3-5-17-8(10(11,12)13)7(6-14)9(15)16-4-2/h3,7-8H,1,4-5H2,2H3/t7-,8-/m0/s1. The molecule has 7 heteroatoms. The fourth-order valence-electron chi connectivity index (χ4n) is 1.03. The van der Waals surface area contributed by atoms with Crippen molar-refractivity contribution >= 4 is 40.8 Å². The summed E-state index contributed by atoms with van der Waals surface area (Å²) >= 11 is 17.0. The molecule has 0 rings (SSSR count). The van der Waals surface area contributed by atoms with Gasteiger partial charge in [0.2, 0.25) is 3.79 Å². The van der Waals surface area contributed by atoms with Crippen LogP contribution in [0.4, 0.5) is 0 Å². The van der Waals surface area contributed by atoms with Gasteiger partial charge in [-0.05, 0) is 6.92 Å². The first-order valence-electron chi connectivity index (χ1n) is 4.73. The van der Waals surface area contributed by atoms with Crippen LogP contribution >= 0.6 is 34.8 Å². The summed E-state index contributed by atoms with van der Waals surface area (Å²) in [6, 6.07) is 1.72. The number of carbonyl (C=O) groups is 1. The van der Waals surface area contributed by atoms with Gasteiger partial charge in [0.05, 0.1) is 19.3 Å². The molecule has 2 atom stereocenters. The average molecular weight is 301 g/mol. The van der Waals surface area contributed by atoms with E-state index in [1.54, 1.807) is 13.0 Å². The Morgan fingerprint density at radius 3 is 2.53 bits per heavy atom. The molecule has 0 N–H and O–H groups in total. The lowest BCUT2D eigenvalue weighted by Crippen LogP contribution is -2.40. The van der Waals surface area contributed by atoms with Gasteiger partial charge in [-0.1, -0.05) is 40.9 Å². The number of rotatable bonds is 6. The van der Waals surface area contributed by atoms with Crippen molar-refractivity contribution in [3.05, 3.63) is 12.7 Å². The van der Waals surface area contributed by atoms with Gasteiger partial charge in [0, 0.05) is 0 Å².